The highest BCUT2D eigenvalue weighted by Crippen LogP contribution is 2.42. The Hall–Kier alpha value is -5.61. The fourth-order valence-electron chi connectivity index (χ4n) is 5.57. The lowest BCUT2D eigenvalue weighted by Crippen LogP contribution is -2.00. The van der Waals surface area contributed by atoms with Crippen LogP contribution in [0.5, 0.6) is 0 Å². The molecule has 0 bridgehead atoms. The molecule has 2 heterocycles. The number of furan rings is 1. The summed E-state index contributed by atoms with van der Waals surface area (Å²) in [6.45, 7) is 0. The number of hydrogen-bond donors (Lipinski definition) is 0. The molecule has 0 aliphatic carbocycles. The van der Waals surface area contributed by atoms with Crippen molar-refractivity contribution < 1.29 is 4.42 Å². The summed E-state index contributed by atoms with van der Waals surface area (Å²) in [5, 5.41) is 4.36. The van der Waals surface area contributed by atoms with Gasteiger partial charge in [0.05, 0.1) is 0 Å². The highest BCUT2D eigenvalue weighted by atomic mass is 16.3. The molecule has 2 aromatic heterocycles. The summed E-state index contributed by atoms with van der Waals surface area (Å²) in [5.41, 5.74) is 6.56. The van der Waals surface area contributed by atoms with Crippen LogP contribution < -0.4 is 0 Å². The Bertz CT molecular complexity index is 2130. The quantitative estimate of drug-likeness (QED) is 0.230. The summed E-state index contributed by atoms with van der Waals surface area (Å²) >= 11 is 0. The molecule has 41 heavy (non-hydrogen) atoms. The normalized spacial score (nSPS) is 11.4. The zero-order chi connectivity index (χ0) is 27.2. The average Bonchev–Trinajstić information content (AvgIpc) is 3.44. The van der Waals surface area contributed by atoms with Gasteiger partial charge in [-0.3, -0.25) is 0 Å². The largest absolute Gasteiger partial charge is 0.456 e. The van der Waals surface area contributed by atoms with Gasteiger partial charge in [-0.1, -0.05) is 121 Å². The fraction of sp³-hybridized carbons (Fsp3) is 0. The standard InChI is InChI=1S/C37H23N3O/c1-4-12-24(13-5-1)28-22-30(34-32(23-28)41-31-21-20-25-14-10-11-19-29(25)33(31)34)37-39-35(26-15-6-2-7-16-26)38-36(40-37)27-17-8-3-9-18-27/h1-23H. The average molecular weight is 526 g/mol. The van der Waals surface area contributed by atoms with Gasteiger partial charge in [0, 0.05) is 27.5 Å². The predicted molar refractivity (Wildman–Crippen MR) is 166 cm³/mol. The summed E-state index contributed by atoms with van der Waals surface area (Å²) in [6, 6.07) is 47.4. The van der Waals surface area contributed by atoms with Crippen LogP contribution in [0.4, 0.5) is 0 Å². The van der Waals surface area contributed by atoms with Crippen LogP contribution in [0, 0.1) is 0 Å². The lowest BCUT2D eigenvalue weighted by Gasteiger charge is -2.11. The van der Waals surface area contributed by atoms with Gasteiger partial charge in [0.25, 0.3) is 0 Å². The first-order valence-corrected chi connectivity index (χ1v) is 13.6. The first-order chi connectivity index (χ1) is 20.3. The van der Waals surface area contributed by atoms with E-state index in [1.54, 1.807) is 0 Å². The molecule has 0 saturated heterocycles. The van der Waals surface area contributed by atoms with Crippen molar-refractivity contribution in [1.82, 2.24) is 15.0 Å². The molecule has 192 valence electrons. The molecular formula is C37H23N3O. The van der Waals surface area contributed by atoms with Crippen molar-refractivity contribution >= 4 is 32.7 Å². The molecule has 0 aliphatic heterocycles. The third-order valence-corrected chi connectivity index (χ3v) is 7.51. The van der Waals surface area contributed by atoms with Crippen molar-refractivity contribution in [3.05, 3.63) is 140 Å². The summed E-state index contributed by atoms with van der Waals surface area (Å²) in [7, 11) is 0. The van der Waals surface area contributed by atoms with Crippen LogP contribution >= 0.6 is 0 Å². The zero-order valence-corrected chi connectivity index (χ0v) is 22.0. The molecular weight excluding hydrogens is 502 g/mol. The van der Waals surface area contributed by atoms with E-state index in [1.807, 2.05) is 66.7 Å². The number of benzene rings is 6. The first-order valence-electron chi connectivity index (χ1n) is 13.6. The van der Waals surface area contributed by atoms with Crippen LogP contribution in [0.25, 0.3) is 78.0 Å². The summed E-state index contributed by atoms with van der Waals surface area (Å²) in [5.74, 6) is 1.87. The van der Waals surface area contributed by atoms with E-state index in [9.17, 15) is 0 Å². The topological polar surface area (TPSA) is 51.8 Å². The van der Waals surface area contributed by atoms with E-state index in [-0.39, 0.29) is 0 Å². The van der Waals surface area contributed by atoms with Crippen LogP contribution in [-0.2, 0) is 0 Å². The summed E-state index contributed by atoms with van der Waals surface area (Å²) in [4.78, 5) is 15.1. The van der Waals surface area contributed by atoms with E-state index in [0.717, 1.165) is 60.5 Å². The predicted octanol–water partition coefficient (Wildman–Crippen LogP) is 9.59. The Morgan fingerprint density at radius 3 is 1.61 bits per heavy atom. The minimum Gasteiger partial charge on any atom is -0.456 e. The molecule has 0 amide bonds. The minimum absolute atomic E-state index is 0.608. The monoisotopic (exact) mass is 525 g/mol. The molecule has 4 heteroatoms. The van der Waals surface area contributed by atoms with Gasteiger partial charge in [0.1, 0.15) is 11.2 Å². The van der Waals surface area contributed by atoms with Gasteiger partial charge in [0.15, 0.2) is 17.5 Å². The molecule has 0 atom stereocenters. The molecule has 0 spiro atoms. The Labute approximate surface area is 236 Å². The third kappa shape index (κ3) is 4.05. The highest BCUT2D eigenvalue weighted by molar-refractivity contribution is 6.23. The van der Waals surface area contributed by atoms with E-state index in [0.29, 0.717) is 17.5 Å². The van der Waals surface area contributed by atoms with Gasteiger partial charge in [-0.25, -0.2) is 15.0 Å². The molecule has 0 N–H and O–H groups in total. The van der Waals surface area contributed by atoms with Gasteiger partial charge in [-0.2, -0.15) is 0 Å². The SMILES string of the molecule is c1ccc(-c2cc(-c3nc(-c4ccccc4)nc(-c4ccccc4)n3)c3c(c2)oc2ccc4ccccc4c23)cc1. The van der Waals surface area contributed by atoms with Crippen molar-refractivity contribution in [3.8, 4) is 45.3 Å². The molecule has 8 rings (SSSR count). The lowest BCUT2D eigenvalue weighted by molar-refractivity contribution is 0.669. The summed E-state index contributed by atoms with van der Waals surface area (Å²) in [6.07, 6.45) is 0. The van der Waals surface area contributed by atoms with Gasteiger partial charge in [-0.05, 0) is 40.1 Å². The van der Waals surface area contributed by atoms with E-state index in [1.165, 1.54) is 0 Å². The Kier molecular flexibility index (Phi) is 5.42. The first kappa shape index (κ1) is 23.3. The molecule has 0 radical (unpaired) electrons. The van der Waals surface area contributed by atoms with E-state index in [2.05, 4.69) is 72.8 Å². The number of rotatable bonds is 4. The number of hydrogen-bond acceptors (Lipinski definition) is 4. The maximum absolute atomic E-state index is 6.54. The smallest absolute Gasteiger partial charge is 0.164 e. The summed E-state index contributed by atoms with van der Waals surface area (Å²) < 4.78 is 6.54. The molecule has 4 nitrogen and oxygen atoms in total. The molecule has 0 aliphatic rings. The van der Waals surface area contributed by atoms with Crippen molar-refractivity contribution in [3.63, 3.8) is 0 Å². The van der Waals surface area contributed by atoms with E-state index < -0.39 is 0 Å². The second-order valence-electron chi connectivity index (χ2n) is 10.1. The molecule has 0 fully saturated rings. The Balaban J connectivity index is 1.50. The minimum atomic E-state index is 0.608. The number of nitrogens with zero attached hydrogens (tertiary/aromatic N) is 3. The zero-order valence-electron chi connectivity index (χ0n) is 22.0. The van der Waals surface area contributed by atoms with Gasteiger partial charge in [-0.15, -0.1) is 0 Å². The van der Waals surface area contributed by atoms with Gasteiger partial charge >= 0.3 is 0 Å². The van der Waals surface area contributed by atoms with E-state index >= 15 is 0 Å². The number of fused-ring (bicyclic) bond motifs is 5. The van der Waals surface area contributed by atoms with Crippen LogP contribution in [-0.4, -0.2) is 15.0 Å². The maximum atomic E-state index is 6.54. The molecule has 8 aromatic rings. The van der Waals surface area contributed by atoms with Crippen molar-refractivity contribution in [2.24, 2.45) is 0 Å². The number of aromatic nitrogens is 3. The lowest BCUT2D eigenvalue weighted by atomic mass is 9.96. The highest BCUT2D eigenvalue weighted by Gasteiger charge is 2.20. The molecule has 0 saturated carbocycles. The second kappa shape index (κ2) is 9.54. The van der Waals surface area contributed by atoms with E-state index in [4.69, 9.17) is 19.4 Å². The Morgan fingerprint density at radius 2 is 0.951 bits per heavy atom. The van der Waals surface area contributed by atoms with Gasteiger partial charge in [0.2, 0.25) is 0 Å². The van der Waals surface area contributed by atoms with Crippen molar-refractivity contribution in [2.45, 2.75) is 0 Å². The molecule has 0 unspecified atom stereocenters. The maximum Gasteiger partial charge on any atom is 0.164 e. The van der Waals surface area contributed by atoms with Crippen LogP contribution in [0.15, 0.2) is 144 Å². The Morgan fingerprint density at radius 1 is 0.390 bits per heavy atom. The van der Waals surface area contributed by atoms with Crippen LogP contribution in [0.3, 0.4) is 0 Å². The second-order valence-corrected chi connectivity index (χ2v) is 10.1. The third-order valence-electron chi connectivity index (χ3n) is 7.51. The van der Waals surface area contributed by atoms with Crippen LogP contribution in [0.1, 0.15) is 0 Å². The van der Waals surface area contributed by atoms with Gasteiger partial charge < -0.3 is 4.42 Å². The van der Waals surface area contributed by atoms with Crippen molar-refractivity contribution in [2.75, 3.05) is 0 Å². The van der Waals surface area contributed by atoms with Crippen molar-refractivity contribution in [1.29, 1.82) is 0 Å². The fourth-order valence-corrected chi connectivity index (χ4v) is 5.57. The van der Waals surface area contributed by atoms with Crippen LogP contribution in [0.2, 0.25) is 0 Å². The molecule has 6 aromatic carbocycles.